The Labute approximate surface area is 101 Å². The zero-order valence-corrected chi connectivity index (χ0v) is 10.7. The average Bonchev–Trinajstić information content (AvgIpc) is 2.84. The molecule has 16 heavy (non-hydrogen) atoms. The summed E-state index contributed by atoms with van der Waals surface area (Å²) in [7, 11) is 3.32. The summed E-state index contributed by atoms with van der Waals surface area (Å²) in [6.07, 6.45) is 3.74. The van der Waals surface area contributed by atoms with Crippen LogP contribution < -0.4 is 5.32 Å². The monoisotopic (exact) mass is 241 g/mol. The normalized spacial score (nSPS) is 14.7. The number of nitrogens with one attached hydrogen (secondary N) is 1. The SMILES string of the molecule is COC(CNCc1cc2c(s1)CCC2)OC. The summed E-state index contributed by atoms with van der Waals surface area (Å²) >= 11 is 1.94. The van der Waals surface area contributed by atoms with E-state index >= 15 is 0 Å². The molecule has 4 heteroatoms. The number of hydrogen-bond donors (Lipinski definition) is 1. The third kappa shape index (κ3) is 2.83. The van der Waals surface area contributed by atoms with Crippen LogP contribution in [0.15, 0.2) is 6.07 Å². The topological polar surface area (TPSA) is 30.5 Å². The molecule has 0 atom stereocenters. The van der Waals surface area contributed by atoms with Gasteiger partial charge < -0.3 is 14.8 Å². The molecule has 2 rings (SSSR count). The summed E-state index contributed by atoms with van der Waals surface area (Å²) in [6.45, 7) is 1.65. The first-order valence-electron chi connectivity index (χ1n) is 5.70. The van der Waals surface area contributed by atoms with Crippen LogP contribution in [0.4, 0.5) is 0 Å². The standard InChI is InChI=1S/C12H19NO2S/c1-14-12(15-2)8-13-7-10-6-9-4-3-5-11(9)16-10/h6,12-13H,3-5,7-8H2,1-2H3. The summed E-state index contributed by atoms with van der Waals surface area (Å²) < 4.78 is 10.2. The molecule has 1 aliphatic rings. The van der Waals surface area contributed by atoms with Gasteiger partial charge in [-0.05, 0) is 30.9 Å². The van der Waals surface area contributed by atoms with Gasteiger partial charge in [0.05, 0.1) is 0 Å². The minimum Gasteiger partial charge on any atom is -0.355 e. The van der Waals surface area contributed by atoms with Crippen LogP contribution in [0.2, 0.25) is 0 Å². The van der Waals surface area contributed by atoms with Crippen molar-refractivity contribution in [2.24, 2.45) is 0 Å². The van der Waals surface area contributed by atoms with Crippen LogP contribution in [-0.2, 0) is 28.9 Å². The van der Waals surface area contributed by atoms with Crippen molar-refractivity contribution in [3.63, 3.8) is 0 Å². The Morgan fingerprint density at radius 3 is 2.88 bits per heavy atom. The molecule has 1 N–H and O–H groups in total. The van der Waals surface area contributed by atoms with Crippen LogP contribution in [0.5, 0.6) is 0 Å². The van der Waals surface area contributed by atoms with Gasteiger partial charge in [0, 0.05) is 37.1 Å². The fourth-order valence-electron chi connectivity index (χ4n) is 2.05. The highest BCUT2D eigenvalue weighted by molar-refractivity contribution is 7.12. The molecular weight excluding hydrogens is 222 g/mol. The number of aryl methyl sites for hydroxylation is 2. The maximum atomic E-state index is 5.12. The van der Waals surface area contributed by atoms with E-state index in [2.05, 4.69) is 11.4 Å². The van der Waals surface area contributed by atoms with E-state index in [1.807, 2.05) is 11.3 Å². The van der Waals surface area contributed by atoms with Crippen molar-refractivity contribution >= 4 is 11.3 Å². The predicted octanol–water partition coefficient (Wildman–Crippen LogP) is 1.95. The lowest BCUT2D eigenvalue weighted by Gasteiger charge is -2.13. The first-order valence-corrected chi connectivity index (χ1v) is 6.52. The van der Waals surface area contributed by atoms with Crippen LogP contribution in [0.25, 0.3) is 0 Å². The van der Waals surface area contributed by atoms with Gasteiger partial charge in [-0.1, -0.05) is 0 Å². The highest BCUT2D eigenvalue weighted by Crippen LogP contribution is 2.30. The molecule has 0 aromatic carbocycles. The van der Waals surface area contributed by atoms with Gasteiger partial charge >= 0.3 is 0 Å². The first-order chi connectivity index (χ1) is 7.83. The second-order valence-corrected chi connectivity index (χ2v) is 5.27. The zero-order valence-electron chi connectivity index (χ0n) is 9.91. The number of ether oxygens (including phenoxy) is 2. The third-order valence-electron chi connectivity index (χ3n) is 2.93. The van der Waals surface area contributed by atoms with E-state index in [1.165, 1.54) is 24.1 Å². The molecule has 0 bridgehead atoms. The Kier molecular flexibility index (Phi) is 4.35. The first kappa shape index (κ1) is 12.0. The molecule has 0 saturated carbocycles. The van der Waals surface area contributed by atoms with Gasteiger partial charge in [0.15, 0.2) is 6.29 Å². The quantitative estimate of drug-likeness (QED) is 0.772. The number of thiophene rings is 1. The molecule has 1 aliphatic carbocycles. The second kappa shape index (κ2) is 5.77. The van der Waals surface area contributed by atoms with Gasteiger partial charge in [0.25, 0.3) is 0 Å². The summed E-state index contributed by atoms with van der Waals surface area (Å²) in [5.41, 5.74) is 1.57. The molecule has 0 unspecified atom stereocenters. The van der Waals surface area contributed by atoms with Crippen molar-refractivity contribution in [1.82, 2.24) is 5.32 Å². The highest BCUT2D eigenvalue weighted by atomic mass is 32.1. The van der Waals surface area contributed by atoms with Crippen molar-refractivity contribution in [2.75, 3.05) is 20.8 Å². The molecule has 90 valence electrons. The Morgan fingerprint density at radius 2 is 2.19 bits per heavy atom. The van der Waals surface area contributed by atoms with Crippen molar-refractivity contribution in [3.8, 4) is 0 Å². The third-order valence-corrected chi connectivity index (χ3v) is 4.17. The summed E-state index contributed by atoms with van der Waals surface area (Å²) in [4.78, 5) is 3.02. The molecule has 0 spiro atoms. The molecule has 1 heterocycles. The molecule has 0 fully saturated rings. The van der Waals surface area contributed by atoms with E-state index in [9.17, 15) is 0 Å². The van der Waals surface area contributed by atoms with Gasteiger partial charge in [-0.15, -0.1) is 11.3 Å². The van der Waals surface area contributed by atoms with Crippen LogP contribution in [0, 0.1) is 0 Å². The maximum absolute atomic E-state index is 5.12. The fraction of sp³-hybridized carbons (Fsp3) is 0.667. The Bertz CT molecular complexity index is 312. The van der Waals surface area contributed by atoms with Crippen LogP contribution in [0.1, 0.15) is 21.7 Å². The second-order valence-electron chi connectivity index (χ2n) is 4.05. The van der Waals surface area contributed by atoms with Crippen LogP contribution in [-0.4, -0.2) is 27.1 Å². The van der Waals surface area contributed by atoms with Gasteiger partial charge in [0.1, 0.15) is 0 Å². The van der Waals surface area contributed by atoms with Crippen molar-refractivity contribution in [2.45, 2.75) is 32.1 Å². The molecule has 3 nitrogen and oxygen atoms in total. The minimum atomic E-state index is -0.146. The largest absolute Gasteiger partial charge is 0.355 e. The number of hydrogen-bond acceptors (Lipinski definition) is 4. The van der Waals surface area contributed by atoms with Gasteiger partial charge in [-0.25, -0.2) is 0 Å². The number of rotatable bonds is 6. The van der Waals surface area contributed by atoms with E-state index in [4.69, 9.17) is 9.47 Å². The highest BCUT2D eigenvalue weighted by Gasteiger charge is 2.14. The lowest BCUT2D eigenvalue weighted by Crippen LogP contribution is -2.29. The summed E-state index contributed by atoms with van der Waals surface area (Å²) in [5.74, 6) is 0. The van der Waals surface area contributed by atoms with Crippen molar-refractivity contribution in [3.05, 3.63) is 21.4 Å². The summed E-state index contributed by atoms with van der Waals surface area (Å²) in [6, 6.07) is 2.34. The van der Waals surface area contributed by atoms with Crippen LogP contribution >= 0.6 is 11.3 Å². The molecule has 1 aromatic heterocycles. The van der Waals surface area contributed by atoms with Crippen LogP contribution in [0.3, 0.4) is 0 Å². The maximum Gasteiger partial charge on any atom is 0.169 e. The lowest BCUT2D eigenvalue weighted by atomic mass is 10.2. The van der Waals surface area contributed by atoms with Crippen molar-refractivity contribution < 1.29 is 9.47 Å². The van der Waals surface area contributed by atoms with Gasteiger partial charge in [-0.3, -0.25) is 0 Å². The molecule has 0 aliphatic heterocycles. The molecule has 0 radical (unpaired) electrons. The number of fused-ring (bicyclic) bond motifs is 1. The molecular formula is C12H19NO2S. The zero-order chi connectivity index (χ0) is 11.4. The Balaban J connectivity index is 1.77. The predicted molar refractivity (Wildman–Crippen MR) is 65.9 cm³/mol. The van der Waals surface area contributed by atoms with E-state index in [0.29, 0.717) is 0 Å². The summed E-state index contributed by atoms with van der Waals surface area (Å²) in [5, 5.41) is 3.35. The van der Waals surface area contributed by atoms with E-state index in [1.54, 1.807) is 24.7 Å². The number of methoxy groups -OCH3 is 2. The van der Waals surface area contributed by atoms with E-state index in [0.717, 1.165) is 13.1 Å². The molecule has 0 amide bonds. The van der Waals surface area contributed by atoms with E-state index < -0.39 is 0 Å². The average molecular weight is 241 g/mol. The minimum absolute atomic E-state index is 0.146. The molecule has 1 aromatic rings. The Morgan fingerprint density at radius 1 is 1.38 bits per heavy atom. The fourth-order valence-corrected chi connectivity index (χ4v) is 3.28. The molecule has 0 saturated heterocycles. The Hall–Kier alpha value is -0.420. The smallest absolute Gasteiger partial charge is 0.169 e. The van der Waals surface area contributed by atoms with E-state index in [-0.39, 0.29) is 6.29 Å². The van der Waals surface area contributed by atoms with Crippen molar-refractivity contribution in [1.29, 1.82) is 0 Å². The lowest BCUT2D eigenvalue weighted by molar-refractivity contribution is -0.0988. The van der Waals surface area contributed by atoms with Gasteiger partial charge in [0.2, 0.25) is 0 Å². The van der Waals surface area contributed by atoms with Gasteiger partial charge in [-0.2, -0.15) is 0 Å².